The normalized spacial score (nSPS) is 11.5. The number of benzene rings is 2. The molecule has 2 aromatic carbocycles. The van der Waals surface area contributed by atoms with Gasteiger partial charge in [0.1, 0.15) is 5.01 Å². The van der Waals surface area contributed by atoms with E-state index in [1.807, 2.05) is 56.6 Å². The molecule has 0 atom stereocenters. The largest absolute Gasteiger partial charge is 0.481 e. The highest BCUT2D eigenvalue weighted by Gasteiger charge is 2.20. The maximum absolute atomic E-state index is 11.6. The molecule has 0 amide bonds. The number of aliphatic hydroxyl groups is 1. The fourth-order valence-corrected chi connectivity index (χ4v) is 5.04. The number of fused-ring (bicyclic) bond motifs is 2. The highest BCUT2D eigenvalue weighted by Crippen LogP contribution is 2.41. The number of carbonyl (C=O) groups is 1. The summed E-state index contributed by atoms with van der Waals surface area (Å²) in [5.41, 5.74) is 5.53. The van der Waals surface area contributed by atoms with Gasteiger partial charge in [0.15, 0.2) is 0 Å². The molecule has 0 fully saturated rings. The highest BCUT2D eigenvalue weighted by atomic mass is 35.5. The Kier molecular flexibility index (Phi) is 7.13. The topological polar surface area (TPSA) is 101 Å². The Balaban J connectivity index is 0.000000556. The molecule has 0 aliphatic rings. The molecule has 36 heavy (non-hydrogen) atoms. The lowest BCUT2D eigenvalue weighted by Gasteiger charge is -2.13. The van der Waals surface area contributed by atoms with Crippen LogP contribution in [0.4, 0.5) is 0 Å². The van der Waals surface area contributed by atoms with Gasteiger partial charge in [0.25, 0.3) is 0 Å². The van der Waals surface area contributed by atoms with Crippen LogP contribution in [0.25, 0.3) is 42.9 Å². The molecule has 0 aliphatic heterocycles. The molecule has 0 aliphatic carbocycles. The van der Waals surface area contributed by atoms with Gasteiger partial charge in [-0.2, -0.15) is 5.10 Å². The summed E-state index contributed by atoms with van der Waals surface area (Å²) in [7, 11) is 1.88. The van der Waals surface area contributed by atoms with Crippen molar-refractivity contribution in [1.82, 2.24) is 19.7 Å². The minimum Gasteiger partial charge on any atom is -0.481 e. The number of pyridine rings is 1. The third-order valence-corrected chi connectivity index (χ3v) is 6.69. The summed E-state index contributed by atoms with van der Waals surface area (Å²) in [4.78, 5) is 21.0. The summed E-state index contributed by atoms with van der Waals surface area (Å²) in [5.74, 6) is -0.869. The maximum Gasteiger partial charge on any atom is 0.307 e. The van der Waals surface area contributed by atoms with Gasteiger partial charge in [-0.15, -0.1) is 11.3 Å². The van der Waals surface area contributed by atoms with Gasteiger partial charge in [-0.05, 0) is 68.7 Å². The Morgan fingerprint density at radius 2 is 1.81 bits per heavy atom. The second kappa shape index (κ2) is 9.97. The average Bonchev–Trinajstić information content (AvgIpc) is 3.37. The van der Waals surface area contributed by atoms with Gasteiger partial charge >= 0.3 is 5.97 Å². The van der Waals surface area contributed by atoms with Crippen LogP contribution in [0.15, 0.2) is 48.8 Å². The van der Waals surface area contributed by atoms with Crippen molar-refractivity contribution in [2.45, 2.75) is 39.7 Å². The smallest absolute Gasteiger partial charge is 0.307 e. The second-order valence-electron chi connectivity index (χ2n) is 9.56. The average molecular weight is 523 g/mol. The first-order chi connectivity index (χ1) is 16.9. The molecule has 0 bridgehead atoms. The van der Waals surface area contributed by atoms with E-state index in [0.29, 0.717) is 5.02 Å². The van der Waals surface area contributed by atoms with Crippen molar-refractivity contribution in [1.29, 1.82) is 0 Å². The molecule has 0 radical (unpaired) electrons. The van der Waals surface area contributed by atoms with E-state index in [0.717, 1.165) is 54.1 Å². The molecule has 0 spiro atoms. The summed E-state index contributed by atoms with van der Waals surface area (Å²) >= 11 is 7.60. The van der Waals surface area contributed by atoms with E-state index in [1.165, 1.54) is 11.3 Å². The summed E-state index contributed by atoms with van der Waals surface area (Å²) in [6, 6.07) is 11.4. The standard InChI is InChI=1S/C23H17ClN4O2S.C4H10O/c1-12-7-17-22(21(16(12)9-20(29)30)13-3-5-15(24)6-4-13)31-23(27-17)18-8-14-10-26-28(2)19(14)11-25-18;1-4(2,3)5/h3-8,10-11H,9H2,1-2H3,(H,29,30);5H,1-3H3. The molecular weight excluding hydrogens is 496 g/mol. The lowest BCUT2D eigenvalue weighted by atomic mass is 9.93. The summed E-state index contributed by atoms with van der Waals surface area (Å²) < 4.78 is 2.72. The van der Waals surface area contributed by atoms with Gasteiger partial charge in [0.2, 0.25) is 0 Å². The molecule has 3 heterocycles. The molecule has 2 N–H and O–H groups in total. The third-order valence-electron chi connectivity index (χ3n) is 5.32. The van der Waals surface area contributed by atoms with Gasteiger partial charge in [-0.3, -0.25) is 14.5 Å². The first-order valence-electron chi connectivity index (χ1n) is 11.3. The van der Waals surface area contributed by atoms with Gasteiger partial charge in [-0.25, -0.2) is 4.98 Å². The summed E-state index contributed by atoms with van der Waals surface area (Å²) in [6.07, 6.45) is 3.54. The zero-order valence-corrected chi connectivity index (χ0v) is 22.3. The minimum absolute atomic E-state index is 0.0626. The monoisotopic (exact) mass is 522 g/mol. The van der Waals surface area contributed by atoms with Crippen LogP contribution in [0, 0.1) is 6.92 Å². The number of rotatable bonds is 4. The molecule has 0 unspecified atom stereocenters. The number of hydrogen-bond donors (Lipinski definition) is 2. The third kappa shape index (κ3) is 5.73. The molecular formula is C27H27ClN4O3S. The molecule has 9 heteroatoms. The number of carboxylic acids is 1. The van der Waals surface area contributed by atoms with Crippen molar-refractivity contribution >= 4 is 50.0 Å². The van der Waals surface area contributed by atoms with Crippen LogP contribution < -0.4 is 0 Å². The van der Waals surface area contributed by atoms with E-state index in [2.05, 4.69) is 10.1 Å². The van der Waals surface area contributed by atoms with Gasteiger partial charge in [0, 0.05) is 23.0 Å². The Morgan fingerprint density at radius 1 is 1.14 bits per heavy atom. The first-order valence-corrected chi connectivity index (χ1v) is 12.5. The van der Waals surface area contributed by atoms with Crippen molar-refractivity contribution in [3.05, 3.63) is 64.9 Å². The maximum atomic E-state index is 11.6. The Hall–Kier alpha value is -3.33. The number of aryl methyl sites for hydroxylation is 2. The number of thiazole rings is 1. The lowest BCUT2D eigenvalue weighted by molar-refractivity contribution is -0.136. The highest BCUT2D eigenvalue weighted by molar-refractivity contribution is 7.22. The van der Waals surface area contributed by atoms with Crippen LogP contribution in [0.1, 0.15) is 31.9 Å². The van der Waals surface area contributed by atoms with Crippen molar-refractivity contribution in [3.63, 3.8) is 0 Å². The fourth-order valence-electron chi connectivity index (χ4n) is 3.81. The summed E-state index contributed by atoms with van der Waals surface area (Å²) in [6.45, 7) is 7.16. The van der Waals surface area contributed by atoms with E-state index in [4.69, 9.17) is 21.7 Å². The molecule has 5 aromatic rings. The zero-order valence-electron chi connectivity index (χ0n) is 20.7. The van der Waals surface area contributed by atoms with Crippen LogP contribution >= 0.6 is 22.9 Å². The second-order valence-corrected chi connectivity index (χ2v) is 11.0. The zero-order chi connectivity index (χ0) is 26.2. The van der Waals surface area contributed by atoms with Crippen LogP contribution in [0.2, 0.25) is 5.02 Å². The molecule has 3 aromatic heterocycles. The van der Waals surface area contributed by atoms with Gasteiger partial charge < -0.3 is 10.2 Å². The van der Waals surface area contributed by atoms with Crippen molar-refractivity contribution < 1.29 is 15.0 Å². The van der Waals surface area contributed by atoms with Crippen LogP contribution in [-0.4, -0.2) is 41.5 Å². The van der Waals surface area contributed by atoms with Crippen molar-refractivity contribution in [2.75, 3.05) is 0 Å². The van der Waals surface area contributed by atoms with E-state index in [9.17, 15) is 9.90 Å². The summed E-state index contributed by atoms with van der Waals surface area (Å²) in [5, 5.41) is 24.7. The molecule has 0 saturated heterocycles. The van der Waals surface area contributed by atoms with Crippen LogP contribution in [0.3, 0.4) is 0 Å². The Labute approximate surface area is 218 Å². The number of nitrogens with zero attached hydrogens (tertiary/aromatic N) is 4. The Bertz CT molecular complexity index is 1560. The number of aliphatic carboxylic acids is 1. The molecule has 7 nitrogen and oxygen atoms in total. The molecule has 186 valence electrons. The number of aromatic nitrogens is 4. The van der Waals surface area contributed by atoms with Gasteiger partial charge in [0.05, 0.1) is 45.8 Å². The molecule has 5 rings (SSSR count). The SMILES string of the molecule is CC(C)(C)O.Cc1cc2nc(-c3cc4cnn(C)c4cn3)sc2c(-c2ccc(Cl)cc2)c1CC(=O)O. The quantitative estimate of drug-likeness (QED) is 0.288. The van der Waals surface area contributed by atoms with E-state index in [-0.39, 0.29) is 6.42 Å². The predicted molar refractivity (Wildman–Crippen MR) is 146 cm³/mol. The fraction of sp³-hybridized carbons (Fsp3) is 0.259. The lowest BCUT2D eigenvalue weighted by Crippen LogP contribution is -2.10. The Morgan fingerprint density at radius 3 is 2.44 bits per heavy atom. The van der Waals surface area contributed by atoms with E-state index >= 15 is 0 Å². The number of hydrogen-bond acceptors (Lipinski definition) is 6. The van der Waals surface area contributed by atoms with E-state index < -0.39 is 11.6 Å². The number of halogens is 1. The first kappa shape index (κ1) is 25.8. The van der Waals surface area contributed by atoms with E-state index in [1.54, 1.807) is 31.6 Å². The van der Waals surface area contributed by atoms with Crippen molar-refractivity contribution in [3.8, 4) is 21.8 Å². The van der Waals surface area contributed by atoms with Gasteiger partial charge in [-0.1, -0.05) is 23.7 Å². The van der Waals surface area contributed by atoms with Crippen molar-refractivity contribution in [2.24, 2.45) is 7.05 Å². The molecule has 0 saturated carbocycles. The van der Waals surface area contributed by atoms with Crippen LogP contribution in [0.5, 0.6) is 0 Å². The number of carboxylic acid groups (broad SMARTS) is 1. The van der Waals surface area contributed by atoms with Crippen LogP contribution in [-0.2, 0) is 18.3 Å². The minimum atomic E-state index is -0.869. The predicted octanol–water partition coefficient (Wildman–Crippen LogP) is 6.28.